The lowest BCUT2D eigenvalue weighted by molar-refractivity contribution is -0.135. The summed E-state index contributed by atoms with van der Waals surface area (Å²) in [6, 6.07) is 40.1. The SMILES string of the molecule is O=C1C(c2ccccc2)=CC(=O)C2(c3ccccc3)C1CC1C(=CCC3C(=O)N(c4ccc(Nc5ccccc5)cc4)C(=O)C31)C2c1cc(Cl)ccc1O. The molecule has 54 heavy (non-hydrogen) atoms. The Morgan fingerprint density at radius 1 is 0.722 bits per heavy atom. The average molecular weight is 731 g/mol. The van der Waals surface area contributed by atoms with Crippen molar-refractivity contribution in [1.29, 1.82) is 0 Å². The van der Waals surface area contributed by atoms with Gasteiger partial charge in [0.2, 0.25) is 11.8 Å². The summed E-state index contributed by atoms with van der Waals surface area (Å²) >= 11 is 6.62. The molecule has 266 valence electrons. The van der Waals surface area contributed by atoms with Crippen molar-refractivity contribution in [2.45, 2.75) is 24.2 Å². The number of carbonyl (C=O) groups is 4. The maximum Gasteiger partial charge on any atom is 0.238 e. The maximum atomic E-state index is 15.2. The molecule has 5 aromatic carbocycles. The summed E-state index contributed by atoms with van der Waals surface area (Å²) in [6.07, 6.45) is 3.88. The number of allylic oxidation sites excluding steroid dienone is 4. The van der Waals surface area contributed by atoms with Crippen molar-refractivity contribution >= 4 is 57.6 Å². The van der Waals surface area contributed by atoms with Crippen molar-refractivity contribution in [3.05, 3.63) is 173 Å². The van der Waals surface area contributed by atoms with Crippen LogP contribution >= 0.6 is 11.6 Å². The second-order valence-electron chi connectivity index (χ2n) is 14.5. The van der Waals surface area contributed by atoms with Gasteiger partial charge in [-0.2, -0.15) is 0 Å². The molecular weight excluding hydrogens is 696 g/mol. The fourth-order valence-electron chi connectivity index (χ4n) is 9.61. The van der Waals surface area contributed by atoms with Crippen LogP contribution in [0.4, 0.5) is 17.1 Å². The number of halogens is 1. The number of ketones is 2. The number of rotatable bonds is 6. The van der Waals surface area contributed by atoms with Crippen molar-refractivity contribution in [3.63, 3.8) is 0 Å². The molecule has 1 heterocycles. The number of hydrogen-bond donors (Lipinski definition) is 2. The minimum Gasteiger partial charge on any atom is -0.508 e. The number of nitrogens with zero attached hydrogens (tertiary/aromatic N) is 1. The molecule has 9 rings (SSSR count). The van der Waals surface area contributed by atoms with Gasteiger partial charge in [-0.15, -0.1) is 0 Å². The van der Waals surface area contributed by atoms with Crippen LogP contribution in [0.2, 0.25) is 5.02 Å². The second kappa shape index (κ2) is 13.1. The molecule has 1 saturated carbocycles. The first-order valence-corrected chi connectivity index (χ1v) is 18.5. The first-order chi connectivity index (χ1) is 26.3. The van der Waals surface area contributed by atoms with Gasteiger partial charge in [-0.3, -0.25) is 24.1 Å². The highest BCUT2D eigenvalue weighted by atomic mass is 35.5. The van der Waals surface area contributed by atoms with Gasteiger partial charge in [0.05, 0.1) is 22.9 Å². The number of carbonyl (C=O) groups excluding carboxylic acids is 4. The molecule has 2 fully saturated rings. The molecule has 4 aliphatic rings. The lowest BCUT2D eigenvalue weighted by Gasteiger charge is -2.55. The van der Waals surface area contributed by atoms with Crippen LogP contribution in [0.15, 0.2) is 151 Å². The molecule has 6 atom stereocenters. The van der Waals surface area contributed by atoms with Gasteiger partial charge < -0.3 is 10.4 Å². The van der Waals surface area contributed by atoms with E-state index >= 15 is 9.59 Å². The van der Waals surface area contributed by atoms with Crippen molar-refractivity contribution in [3.8, 4) is 5.75 Å². The number of phenols is 1. The smallest absolute Gasteiger partial charge is 0.238 e. The number of anilines is 3. The van der Waals surface area contributed by atoms with E-state index in [9.17, 15) is 14.7 Å². The molecule has 1 aliphatic heterocycles. The number of benzene rings is 5. The van der Waals surface area contributed by atoms with E-state index < -0.39 is 35.0 Å². The van der Waals surface area contributed by atoms with Crippen LogP contribution in [0.5, 0.6) is 5.75 Å². The van der Waals surface area contributed by atoms with E-state index in [1.54, 1.807) is 24.3 Å². The largest absolute Gasteiger partial charge is 0.508 e. The van der Waals surface area contributed by atoms with E-state index in [-0.39, 0.29) is 42.0 Å². The summed E-state index contributed by atoms with van der Waals surface area (Å²) in [7, 11) is 0. The molecular formula is C46H35ClN2O5. The molecule has 2 N–H and O–H groups in total. The summed E-state index contributed by atoms with van der Waals surface area (Å²) in [5, 5.41) is 15.3. The average Bonchev–Trinajstić information content (AvgIpc) is 3.46. The van der Waals surface area contributed by atoms with E-state index in [4.69, 9.17) is 11.6 Å². The van der Waals surface area contributed by atoms with Crippen LogP contribution in [0.1, 0.15) is 35.4 Å². The molecule has 5 aromatic rings. The van der Waals surface area contributed by atoms with Gasteiger partial charge >= 0.3 is 0 Å². The van der Waals surface area contributed by atoms with Crippen LogP contribution in [0, 0.1) is 23.7 Å². The zero-order chi connectivity index (χ0) is 37.1. The third-order valence-electron chi connectivity index (χ3n) is 11.9. The lowest BCUT2D eigenvalue weighted by Crippen LogP contribution is -2.58. The lowest BCUT2D eigenvalue weighted by atomic mass is 9.44. The summed E-state index contributed by atoms with van der Waals surface area (Å²) in [4.78, 5) is 60.5. The van der Waals surface area contributed by atoms with Crippen LogP contribution in [-0.2, 0) is 24.6 Å². The first-order valence-electron chi connectivity index (χ1n) is 18.2. The molecule has 1 saturated heterocycles. The normalized spacial score (nSPS) is 26.0. The predicted octanol–water partition coefficient (Wildman–Crippen LogP) is 8.82. The number of amides is 2. The topological polar surface area (TPSA) is 104 Å². The van der Waals surface area contributed by atoms with Crippen molar-refractivity contribution < 1.29 is 24.3 Å². The Kier molecular flexibility index (Phi) is 8.20. The molecule has 6 unspecified atom stereocenters. The summed E-state index contributed by atoms with van der Waals surface area (Å²) < 4.78 is 0. The molecule has 8 heteroatoms. The standard InChI is InChI=1S/C46H35ClN2O5/c47-29-16-23-39(50)37(24-29)42-33-21-22-34-41(45(54)49(44(34)53)32-19-17-31(18-20-32)48-30-14-8-3-9-15-30)36(33)25-38-43(52)35(27-10-4-1-5-11-27)26-40(51)46(38,42)28-12-6-2-7-13-28/h1-21,23-24,26,34,36,38,41-42,48,50H,22,25H2. The Balaban J connectivity index is 1.18. The molecule has 0 bridgehead atoms. The third kappa shape index (κ3) is 5.17. The van der Waals surface area contributed by atoms with Gasteiger partial charge in [0.1, 0.15) is 5.75 Å². The van der Waals surface area contributed by atoms with E-state index in [1.807, 2.05) is 109 Å². The number of phenolic OH excluding ortho intramolecular Hbond substituents is 1. The molecule has 0 radical (unpaired) electrons. The number of aromatic hydroxyl groups is 1. The van der Waals surface area contributed by atoms with Crippen LogP contribution in [0.25, 0.3) is 5.57 Å². The quantitative estimate of drug-likeness (QED) is 0.134. The van der Waals surface area contributed by atoms with Gasteiger partial charge in [-0.1, -0.05) is 102 Å². The van der Waals surface area contributed by atoms with E-state index in [1.165, 1.54) is 17.0 Å². The number of nitrogens with one attached hydrogen (secondary N) is 1. The zero-order valence-corrected chi connectivity index (χ0v) is 29.8. The van der Waals surface area contributed by atoms with Gasteiger partial charge in [-0.25, -0.2) is 0 Å². The third-order valence-corrected chi connectivity index (χ3v) is 12.1. The second-order valence-corrected chi connectivity index (χ2v) is 15.0. The molecule has 2 amide bonds. The van der Waals surface area contributed by atoms with E-state index in [2.05, 4.69) is 5.32 Å². The minimum atomic E-state index is -1.46. The van der Waals surface area contributed by atoms with Gasteiger partial charge in [0.15, 0.2) is 11.6 Å². The number of para-hydroxylation sites is 1. The monoisotopic (exact) mass is 730 g/mol. The summed E-state index contributed by atoms with van der Waals surface area (Å²) in [5.41, 5.74) is 3.47. The number of hydrogen-bond acceptors (Lipinski definition) is 6. The van der Waals surface area contributed by atoms with Gasteiger partial charge in [-0.05, 0) is 90.6 Å². The minimum absolute atomic E-state index is 0.0696. The predicted molar refractivity (Wildman–Crippen MR) is 208 cm³/mol. The Labute approximate surface area is 317 Å². The number of fused-ring (bicyclic) bond motifs is 4. The molecule has 0 aromatic heterocycles. The van der Waals surface area contributed by atoms with Crippen molar-refractivity contribution in [2.75, 3.05) is 10.2 Å². The fraction of sp³-hybridized carbons (Fsp3) is 0.174. The summed E-state index contributed by atoms with van der Waals surface area (Å²) in [5.74, 6) is -4.93. The van der Waals surface area contributed by atoms with Gasteiger partial charge in [0.25, 0.3) is 0 Å². The summed E-state index contributed by atoms with van der Waals surface area (Å²) in [6.45, 7) is 0. The Hall–Kier alpha value is -6.05. The Morgan fingerprint density at radius 2 is 1.37 bits per heavy atom. The van der Waals surface area contributed by atoms with Crippen LogP contribution in [0.3, 0.4) is 0 Å². The van der Waals surface area contributed by atoms with Crippen molar-refractivity contribution in [1.82, 2.24) is 0 Å². The van der Waals surface area contributed by atoms with Crippen LogP contribution < -0.4 is 10.2 Å². The number of Topliss-reactive ketones (excluding diaryl/α,β-unsaturated/α-hetero) is 1. The zero-order valence-electron chi connectivity index (χ0n) is 29.1. The molecule has 7 nitrogen and oxygen atoms in total. The van der Waals surface area contributed by atoms with Gasteiger partial charge in [0, 0.05) is 39.4 Å². The maximum absolute atomic E-state index is 15.2. The molecule has 0 spiro atoms. The fourth-order valence-corrected chi connectivity index (χ4v) is 9.79. The van der Waals surface area contributed by atoms with Crippen molar-refractivity contribution in [2.24, 2.45) is 23.7 Å². The highest BCUT2D eigenvalue weighted by molar-refractivity contribution is 6.32. The van der Waals surface area contributed by atoms with E-state index in [0.29, 0.717) is 33.0 Å². The highest BCUT2D eigenvalue weighted by Gasteiger charge is 2.66. The van der Waals surface area contributed by atoms with Crippen LogP contribution in [-0.4, -0.2) is 28.5 Å². The Morgan fingerprint density at radius 3 is 2.07 bits per heavy atom. The first kappa shape index (κ1) is 33.8. The molecule has 3 aliphatic carbocycles. The van der Waals surface area contributed by atoms with E-state index in [0.717, 1.165) is 16.9 Å². The Bertz CT molecular complexity index is 2390. The number of imide groups is 1. The highest BCUT2D eigenvalue weighted by Crippen LogP contribution is 2.64.